The van der Waals surface area contributed by atoms with Crippen LogP contribution in [0.25, 0.3) is 0 Å². The average molecular weight is 331 g/mol. The van der Waals surface area contributed by atoms with Crippen LogP contribution < -0.4 is 5.73 Å². The summed E-state index contributed by atoms with van der Waals surface area (Å²) in [5, 5.41) is 0. The molecule has 0 saturated carbocycles. The van der Waals surface area contributed by atoms with E-state index in [-0.39, 0.29) is 0 Å². The van der Waals surface area contributed by atoms with Crippen LogP contribution in [-0.2, 0) is 0 Å². The van der Waals surface area contributed by atoms with Gasteiger partial charge in [0.2, 0.25) is 0 Å². The third-order valence-corrected chi connectivity index (χ3v) is 5.66. The highest BCUT2D eigenvalue weighted by molar-refractivity contribution is 9.11. The van der Waals surface area contributed by atoms with Gasteiger partial charge in [-0.2, -0.15) is 0 Å². The third kappa shape index (κ3) is 3.35. The van der Waals surface area contributed by atoms with Crippen LogP contribution in [0.1, 0.15) is 49.9 Å². The van der Waals surface area contributed by atoms with E-state index in [1.165, 1.54) is 47.3 Å². The maximum Gasteiger partial charge on any atom is 0.0702 e. The molecule has 2 nitrogen and oxygen atoms in total. The van der Waals surface area contributed by atoms with E-state index in [0.29, 0.717) is 12.1 Å². The van der Waals surface area contributed by atoms with Crippen molar-refractivity contribution in [3.63, 3.8) is 0 Å². The molecule has 1 saturated heterocycles. The molecule has 1 fully saturated rings. The van der Waals surface area contributed by atoms with Gasteiger partial charge in [0.15, 0.2) is 0 Å². The summed E-state index contributed by atoms with van der Waals surface area (Å²) in [7, 11) is 0. The van der Waals surface area contributed by atoms with Gasteiger partial charge in [-0.3, -0.25) is 4.90 Å². The summed E-state index contributed by atoms with van der Waals surface area (Å²) in [6.45, 7) is 4.24. The van der Waals surface area contributed by atoms with Gasteiger partial charge in [-0.1, -0.05) is 19.8 Å². The van der Waals surface area contributed by atoms with Crippen LogP contribution in [0.15, 0.2) is 15.9 Å². The molecule has 0 bridgehead atoms. The largest absolute Gasteiger partial charge is 0.329 e. The minimum absolute atomic E-state index is 0.407. The smallest absolute Gasteiger partial charge is 0.0702 e. The molecule has 1 aromatic rings. The highest BCUT2D eigenvalue weighted by atomic mass is 79.9. The molecule has 0 radical (unpaired) electrons. The lowest BCUT2D eigenvalue weighted by Gasteiger charge is -2.35. The predicted octanol–water partition coefficient (Wildman–Crippen LogP) is 4.17. The van der Waals surface area contributed by atoms with E-state index in [4.69, 9.17) is 5.73 Å². The standard InChI is InChI=1S/C14H23BrN2S/c1-2-11-6-4-3-5-9-17(11)12(10-16)13-7-8-14(15)18-13/h7-8,11-12H,2-6,9-10,16H2,1H3. The highest BCUT2D eigenvalue weighted by Crippen LogP contribution is 2.34. The molecule has 102 valence electrons. The number of thiophene rings is 1. The highest BCUT2D eigenvalue weighted by Gasteiger charge is 2.27. The topological polar surface area (TPSA) is 29.3 Å². The zero-order valence-corrected chi connectivity index (χ0v) is 13.5. The minimum atomic E-state index is 0.407. The Bertz CT molecular complexity index is 366. The van der Waals surface area contributed by atoms with Crippen LogP contribution in [-0.4, -0.2) is 24.0 Å². The Balaban J connectivity index is 2.18. The lowest BCUT2D eigenvalue weighted by Crippen LogP contribution is -2.40. The van der Waals surface area contributed by atoms with E-state index in [0.717, 1.165) is 6.54 Å². The van der Waals surface area contributed by atoms with Gasteiger partial charge in [0.05, 0.1) is 9.83 Å². The molecule has 2 heterocycles. The van der Waals surface area contributed by atoms with Crippen LogP contribution >= 0.6 is 27.3 Å². The van der Waals surface area contributed by atoms with Crippen molar-refractivity contribution in [2.24, 2.45) is 5.73 Å². The van der Waals surface area contributed by atoms with Crippen LogP contribution in [0, 0.1) is 0 Å². The van der Waals surface area contributed by atoms with E-state index in [1.807, 2.05) is 11.3 Å². The normalized spacial score (nSPS) is 23.8. The fraction of sp³-hybridized carbons (Fsp3) is 0.714. The average Bonchev–Trinajstić information content (AvgIpc) is 2.66. The predicted molar refractivity (Wildman–Crippen MR) is 83.1 cm³/mol. The molecule has 4 heteroatoms. The molecule has 2 N–H and O–H groups in total. The van der Waals surface area contributed by atoms with Gasteiger partial charge >= 0.3 is 0 Å². The van der Waals surface area contributed by atoms with Crippen LogP contribution in [0.5, 0.6) is 0 Å². The molecular formula is C14H23BrN2S. The molecule has 0 spiro atoms. The summed E-state index contributed by atoms with van der Waals surface area (Å²) < 4.78 is 1.21. The lowest BCUT2D eigenvalue weighted by molar-refractivity contribution is 0.138. The van der Waals surface area contributed by atoms with Crippen molar-refractivity contribution in [2.75, 3.05) is 13.1 Å². The number of rotatable bonds is 4. The van der Waals surface area contributed by atoms with Crippen LogP contribution in [0.3, 0.4) is 0 Å². The fourth-order valence-corrected chi connectivity index (χ4v) is 4.53. The van der Waals surface area contributed by atoms with Crippen LogP contribution in [0.4, 0.5) is 0 Å². The summed E-state index contributed by atoms with van der Waals surface area (Å²) in [4.78, 5) is 4.07. The Hall–Kier alpha value is 0.1000. The molecule has 2 atom stereocenters. The molecule has 0 amide bonds. The van der Waals surface area contributed by atoms with Crippen molar-refractivity contribution in [3.05, 3.63) is 20.8 Å². The molecular weight excluding hydrogens is 308 g/mol. The molecule has 1 aliphatic heterocycles. The van der Waals surface area contributed by atoms with E-state index in [2.05, 4.69) is 39.9 Å². The van der Waals surface area contributed by atoms with E-state index < -0.39 is 0 Å². The molecule has 2 rings (SSSR count). The maximum atomic E-state index is 6.06. The summed E-state index contributed by atoms with van der Waals surface area (Å²) >= 11 is 5.39. The first-order valence-electron chi connectivity index (χ1n) is 6.97. The van der Waals surface area contributed by atoms with Gasteiger partial charge in [0.25, 0.3) is 0 Å². The lowest BCUT2D eigenvalue weighted by atomic mass is 10.0. The maximum absolute atomic E-state index is 6.06. The van der Waals surface area contributed by atoms with Crippen molar-refractivity contribution >= 4 is 27.3 Å². The first-order valence-corrected chi connectivity index (χ1v) is 8.58. The second kappa shape index (κ2) is 7.04. The van der Waals surface area contributed by atoms with Crippen molar-refractivity contribution in [2.45, 2.75) is 51.1 Å². The second-order valence-electron chi connectivity index (χ2n) is 5.04. The third-order valence-electron chi connectivity index (χ3n) is 3.94. The number of hydrogen-bond acceptors (Lipinski definition) is 3. The van der Waals surface area contributed by atoms with Gasteiger partial charge in [-0.25, -0.2) is 0 Å². The summed E-state index contributed by atoms with van der Waals surface area (Å²) in [6, 6.07) is 5.48. The summed E-state index contributed by atoms with van der Waals surface area (Å²) in [5.74, 6) is 0. The molecule has 1 aromatic heterocycles. The SMILES string of the molecule is CCC1CCCCCN1C(CN)c1ccc(Br)s1. The molecule has 0 aromatic carbocycles. The van der Waals surface area contributed by atoms with Gasteiger partial charge in [-0.05, 0) is 53.9 Å². The van der Waals surface area contributed by atoms with E-state index in [9.17, 15) is 0 Å². The Kier molecular flexibility index (Phi) is 5.67. The Labute approximate surface area is 123 Å². The first kappa shape index (κ1) is 14.5. The summed E-state index contributed by atoms with van der Waals surface area (Å²) in [6.07, 6.45) is 6.64. The number of halogens is 1. The van der Waals surface area contributed by atoms with Crippen molar-refractivity contribution in [1.82, 2.24) is 4.90 Å². The number of nitrogens with two attached hydrogens (primary N) is 1. The fourth-order valence-electron chi connectivity index (χ4n) is 2.97. The molecule has 18 heavy (non-hydrogen) atoms. The van der Waals surface area contributed by atoms with Gasteiger partial charge < -0.3 is 5.73 Å². The van der Waals surface area contributed by atoms with Crippen molar-refractivity contribution in [1.29, 1.82) is 0 Å². The zero-order chi connectivity index (χ0) is 13.0. The second-order valence-corrected chi connectivity index (χ2v) is 7.54. The van der Waals surface area contributed by atoms with Gasteiger partial charge in [0, 0.05) is 17.5 Å². The van der Waals surface area contributed by atoms with E-state index in [1.54, 1.807) is 0 Å². The number of nitrogens with zero attached hydrogens (tertiary/aromatic N) is 1. The Morgan fingerprint density at radius 2 is 2.28 bits per heavy atom. The van der Waals surface area contributed by atoms with E-state index >= 15 is 0 Å². The quantitative estimate of drug-likeness (QED) is 0.897. The Morgan fingerprint density at radius 1 is 1.44 bits per heavy atom. The van der Waals surface area contributed by atoms with Crippen molar-refractivity contribution in [3.8, 4) is 0 Å². The summed E-state index contributed by atoms with van der Waals surface area (Å²) in [5.41, 5.74) is 6.06. The van der Waals surface area contributed by atoms with Gasteiger partial charge in [0.1, 0.15) is 0 Å². The van der Waals surface area contributed by atoms with Gasteiger partial charge in [-0.15, -0.1) is 11.3 Å². The van der Waals surface area contributed by atoms with Crippen LogP contribution in [0.2, 0.25) is 0 Å². The number of likely N-dealkylation sites (tertiary alicyclic amines) is 1. The first-order chi connectivity index (χ1) is 8.76. The molecule has 0 aliphatic carbocycles. The molecule has 1 aliphatic rings. The zero-order valence-electron chi connectivity index (χ0n) is 11.1. The monoisotopic (exact) mass is 330 g/mol. The van der Waals surface area contributed by atoms with Crippen molar-refractivity contribution < 1.29 is 0 Å². The number of hydrogen-bond donors (Lipinski definition) is 1. The minimum Gasteiger partial charge on any atom is -0.329 e. The molecule has 2 unspecified atom stereocenters. The Morgan fingerprint density at radius 3 is 2.89 bits per heavy atom.